The second kappa shape index (κ2) is 6.24. The van der Waals surface area contributed by atoms with Crippen molar-refractivity contribution in [2.75, 3.05) is 12.3 Å². The van der Waals surface area contributed by atoms with Crippen LogP contribution in [0.4, 0.5) is 5.82 Å². The maximum atomic E-state index is 11.0. The molecular weight excluding hydrogens is 362 g/mol. The van der Waals surface area contributed by atoms with Crippen LogP contribution in [-0.2, 0) is 4.74 Å². The minimum atomic E-state index is -1.33. The highest BCUT2D eigenvalue weighted by Gasteiger charge is 2.44. The number of rotatable bonds is 4. The molecule has 0 saturated carbocycles. The Hall–Kier alpha value is -3.13. The van der Waals surface area contributed by atoms with Crippen LogP contribution in [0.5, 0.6) is 0 Å². The SMILES string of the molecule is Nc1nc(-n2cc(C(=O)O)cn2)nc2c1ncn2C1O[C@H](CO)[C@@H](O)[C@H]1O. The molecule has 1 saturated heterocycles. The summed E-state index contributed by atoms with van der Waals surface area (Å²) < 4.78 is 7.96. The van der Waals surface area contributed by atoms with E-state index in [4.69, 9.17) is 15.6 Å². The van der Waals surface area contributed by atoms with Crippen LogP contribution in [0, 0.1) is 0 Å². The molecule has 0 bridgehead atoms. The number of nitrogens with two attached hydrogens (primary N) is 1. The lowest BCUT2D eigenvalue weighted by Gasteiger charge is -2.16. The van der Waals surface area contributed by atoms with E-state index >= 15 is 0 Å². The number of fused-ring (bicyclic) bond motifs is 1. The van der Waals surface area contributed by atoms with E-state index in [9.17, 15) is 20.1 Å². The monoisotopic (exact) mass is 377 g/mol. The number of imidazole rings is 1. The van der Waals surface area contributed by atoms with Crippen LogP contribution in [0.15, 0.2) is 18.7 Å². The highest BCUT2D eigenvalue weighted by atomic mass is 16.6. The zero-order chi connectivity index (χ0) is 19.3. The first-order chi connectivity index (χ1) is 12.9. The van der Waals surface area contributed by atoms with Gasteiger partial charge >= 0.3 is 5.97 Å². The molecule has 13 heteroatoms. The number of carbonyl (C=O) groups is 1. The van der Waals surface area contributed by atoms with E-state index < -0.39 is 37.1 Å². The van der Waals surface area contributed by atoms with Gasteiger partial charge in [-0.05, 0) is 0 Å². The van der Waals surface area contributed by atoms with Crippen LogP contribution < -0.4 is 5.73 Å². The lowest BCUT2D eigenvalue weighted by Crippen LogP contribution is -2.33. The largest absolute Gasteiger partial charge is 0.478 e. The summed E-state index contributed by atoms with van der Waals surface area (Å²) in [6.45, 7) is -0.477. The summed E-state index contributed by atoms with van der Waals surface area (Å²) in [7, 11) is 0. The van der Waals surface area contributed by atoms with Gasteiger partial charge in [-0.2, -0.15) is 15.1 Å². The number of aliphatic hydroxyl groups excluding tert-OH is 3. The summed E-state index contributed by atoms with van der Waals surface area (Å²) in [5, 5.41) is 42.3. The van der Waals surface area contributed by atoms with Crippen LogP contribution in [-0.4, -0.2) is 80.6 Å². The Labute approximate surface area is 150 Å². The predicted octanol–water partition coefficient (Wildman–Crippen LogP) is -2.10. The Kier molecular flexibility index (Phi) is 4.00. The molecule has 3 aromatic rings. The Morgan fingerprint density at radius 1 is 1.30 bits per heavy atom. The van der Waals surface area contributed by atoms with Crippen molar-refractivity contribution in [2.24, 2.45) is 0 Å². The number of carboxylic acid groups (broad SMARTS) is 1. The fourth-order valence-corrected chi connectivity index (χ4v) is 2.87. The highest BCUT2D eigenvalue weighted by molar-refractivity contribution is 5.87. The standard InChI is InChI=1S/C14H15N7O6/c15-10-7-11(19-14(18-10)21-2-5(1-17-21)13(25)26)20(4-16-7)12-9(24)8(23)6(3-22)27-12/h1-2,4,6,8-9,12,22-24H,3H2,(H,25,26)(H2,15,18,19)/t6-,8-,9-,12?/m1/s1. The third-order valence-electron chi connectivity index (χ3n) is 4.26. The Morgan fingerprint density at radius 2 is 2.07 bits per heavy atom. The van der Waals surface area contributed by atoms with Crippen molar-refractivity contribution in [1.82, 2.24) is 29.3 Å². The molecule has 6 N–H and O–H groups in total. The Bertz CT molecular complexity index is 1020. The lowest BCUT2D eigenvalue weighted by molar-refractivity contribution is -0.0511. The molecule has 0 aromatic carbocycles. The van der Waals surface area contributed by atoms with E-state index in [1.54, 1.807) is 0 Å². The predicted molar refractivity (Wildman–Crippen MR) is 86.8 cm³/mol. The van der Waals surface area contributed by atoms with Crippen molar-refractivity contribution < 1.29 is 30.0 Å². The summed E-state index contributed by atoms with van der Waals surface area (Å²) >= 11 is 0. The average molecular weight is 377 g/mol. The van der Waals surface area contributed by atoms with Gasteiger partial charge in [-0.25, -0.2) is 14.5 Å². The molecule has 1 aliphatic heterocycles. The van der Waals surface area contributed by atoms with Crippen LogP contribution >= 0.6 is 0 Å². The molecule has 0 radical (unpaired) electrons. The van der Waals surface area contributed by atoms with Gasteiger partial charge in [-0.3, -0.25) is 4.57 Å². The summed E-state index contributed by atoms with van der Waals surface area (Å²) in [5.74, 6) is -1.17. The van der Waals surface area contributed by atoms with Crippen molar-refractivity contribution in [3.05, 3.63) is 24.3 Å². The van der Waals surface area contributed by atoms with Crippen LogP contribution in [0.1, 0.15) is 16.6 Å². The number of hydrogen-bond donors (Lipinski definition) is 5. The molecule has 1 aliphatic rings. The molecule has 1 fully saturated rings. The maximum absolute atomic E-state index is 11.0. The molecule has 0 spiro atoms. The molecule has 3 aromatic heterocycles. The number of anilines is 1. The van der Waals surface area contributed by atoms with Gasteiger partial charge in [0.2, 0.25) is 0 Å². The quantitative estimate of drug-likeness (QED) is 0.334. The molecular formula is C14H15N7O6. The zero-order valence-electron chi connectivity index (χ0n) is 13.6. The normalized spacial score (nSPS) is 25.3. The van der Waals surface area contributed by atoms with Crippen molar-refractivity contribution in [3.8, 4) is 5.95 Å². The smallest absolute Gasteiger partial charge is 0.338 e. The van der Waals surface area contributed by atoms with E-state index in [0.29, 0.717) is 0 Å². The van der Waals surface area contributed by atoms with Crippen molar-refractivity contribution in [2.45, 2.75) is 24.5 Å². The summed E-state index contributed by atoms with van der Waals surface area (Å²) in [6.07, 6.45) is -0.985. The zero-order valence-corrected chi connectivity index (χ0v) is 13.6. The van der Waals surface area contributed by atoms with Crippen LogP contribution in [0.3, 0.4) is 0 Å². The minimum Gasteiger partial charge on any atom is -0.478 e. The molecule has 4 rings (SSSR count). The lowest BCUT2D eigenvalue weighted by atomic mass is 10.1. The highest BCUT2D eigenvalue weighted by Crippen LogP contribution is 2.32. The molecule has 13 nitrogen and oxygen atoms in total. The van der Waals surface area contributed by atoms with Gasteiger partial charge in [-0.1, -0.05) is 0 Å². The third kappa shape index (κ3) is 2.69. The number of ether oxygens (including phenoxy) is 1. The first kappa shape index (κ1) is 17.3. The second-order valence-electron chi connectivity index (χ2n) is 5.94. The number of carboxylic acids is 1. The van der Waals surface area contributed by atoms with Gasteiger partial charge in [0.1, 0.15) is 23.8 Å². The topological polar surface area (TPSA) is 195 Å². The molecule has 1 unspecified atom stereocenters. The molecule has 0 aliphatic carbocycles. The number of nitrogen functional groups attached to an aromatic ring is 1. The van der Waals surface area contributed by atoms with Crippen LogP contribution in [0.25, 0.3) is 17.1 Å². The Morgan fingerprint density at radius 3 is 2.70 bits per heavy atom. The van der Waals surface area contributed by atoms with Gasteiger partial charge in [-0.15, -0.1) is 0 Å². The first-order valence-electron chi connectivity index (χ1n) is 7.81. The maximum Gasteiger partial charge on any atom is 0.338 e. The molecule has 142 valence electrons. The van der Waals surface area contributed by atoms with Gasteiger partial charge in [0, 0.05) is 6.20 Å². The number of hydrogen-bond acceptors (Lipinski definition) is 10. The van der Waals surface area contributed by atoms with Gasteiger partial charge in [0.05, 0.1) is 24.7 Å². The molecule has 4 heterocycles. The number of nitrogens with zero attached hydrogens (tertiary/aromatic N) is 6. The second-order valence-corrected chi connectivity index (χ2v) is 5.94. The number of aliphatic hydroxyl groups is 3. The Balaban J connectivity index is 1.80. The van der Waals surface area contributed by atoms with Gasteiger partial charge in [0.15, 0.2) is 17.7 Å². The summed E-state index contributed by atoms with van der Waals surface area (Å²) in [6, 6.07) is 0. The molecule has 27 heavy (non-hydrogen) atoms. The van der Waals surface area contributed by atoms with E-state index in [1.165, 1.54) is 17.1 Å². The van der Waals surface area contributed by atoms with Crippen molar-refractivity contribution in [1.29, 1.82) is 0 Å². The van der Waals surface area contributed by atoms with E-state index in [-0.39, 0.29) is 28.5 Å². The van der Waals surface area contributed by atoms with Crippen LogP contribution in [0.2, 0.25) is 0 Å². The average Bonchev–Trinajstić information content (AvgIpc) is 3.34. The van der Waals surface area contributed by atoms with Crippen molar-refractivity contribution >= 4 is 23.0 Å². The van der Waals surface area contributed by atoms with E-state index in [0.717, 1.165) is 10.9 Å². The minimum absolute atomic E-state index is 0.00729. The number of aromatic nitrogens is 6. The fourth-order valence-electron chi connectivity index (χ4n) is 2.87. The van der Waals surface area contributed by atoms with Gasteiger partial charge < -0.3 is 30.9 Å². The van der Waals surface area contributed by atoms with Gasteiger partial charge in [0.25, 0.3) is 5.95 Å². The fraction of sp³-hybridized carbons (Fsp3) is 0.357. The van der Waals surface area contributed by atoms with E-state index in [2.05, 4.69) is 20.1 Å². The first-order valence-corrected chi connectivity index (χ1v) is 7.81. The summed E-state index contributed by atoms with van der Waals surface area (Å²) in [4.78, 5) is 23.4. The molecule has 4 atom stereocenters. The summed E-state index contributed by atoms with van der Waals surface area (Å²) in [5.41, 5.74) is 6.25. The van der Waals surface area contributed by atoms with E-state index in [1.807, 2.05) is 0 Å². The number of aromatic carboxylic acids is 1. The third-order valence-corrected chi connectivity index (χ3v) is 4.26. The van der Waals surface area contributed by atoms with Crippen molar-refractivity contribution in [3.63, 3.8) is 0 Å². The molecule has 0 amide bonds.